The number of carbonyl (C=O) groups excluding carboxylic acids is 3. The molecule has 16 heteroatoms. The van der Waals surface area contributed by atoms with Gasteiger partial charge in [0.2, 0.25) is 16.5 Å². The fourth-order valence-electron chi connectivity index (χ4n) is 9.88. The normalized spacial score (nSPS) is 22.2. The molecule has 1 aromatic rings. The average Bonchev–Trinajstić information content (AvgIpc) is 2.95. The van der Waals surface area contributed by atoms with Crippen LogP contribution in [0.15, 0.2) is 0 Å². The lowest BCUT2D eigenvalue weighted by Crippen LogP contribution is -2.60. The predicted octanol–water partition coefficient (Wildman–Crippen LogP) is 7.79. The Bertz CT molecular complexity index is 1420. The second-order valence-corrected chi connectivity index (χ2v) is 22.7. The van der Waals surface area contributed by atoms with Gasteiger partial charge in [-0.2, -0.15) is 15.0 Å². The molecule has 0 aliphatic carbocycles. The summed E-state index contributed by atoms with van der Waals surface area (Å²) in [4.78, 5) is 52.9. The number of nitrogens with zero attached hydrogens (tertiary/aromatic N) is 4. The Morgan fingerprint density at radius 3 is 1.18 bits per heavy atom. The fourth-order valence-corrected chi connectivity index (χ4v) is 10.2. The van der Waals surface area contributed by atoms with Crippen molar-refractivity contribution in [2.24, 2.45) is 0 Å². The first-order valence-electron chi connectivity index (χ1n) is 21.8. The number of nitrogens with one attached hydrogen (secondary N) is 4. The first-order chi connectivity index (χ1) is 27.2. The van der Waals surface area contributed by atoms with Crippen LogP contribution in [0.3, 0.4) is 0 Å². The van der Waals surface area contributed by atoms with Crippen molar-refractivity contribution in [2.45, 2.75) is 225 Å². The molecule has 4 heterocycles. The van der Waals surface area contributed by atoms with E-state index in [-0.39, 0.29) is 87.3 Å². The molecule has 4 N–H and O–H groups in total. The van der Waals surface area contributed by atoms with Gasteiger partial charge < -0.3 is 35.5 Å². The molecule has 0 spiro atoms. The van der Waals surface area contributed by atoms with E-state index in [1.54, 1.807) is 0 Å². The van der Waals surface area contributed by atoms with Crippen molar-refractivity contribution in [3.8, 4) is 0 Å². The number of esters is 3. The first kappa shape index (κ1) is 52.0. The van der Waals surface area contributed by atoms with Crippen LogP contribution in [0.4, 0.5) is 5.95 Å². The lowest BCUT2D eigenvalue weighted by Gasteiger charge is -2.46. The second kappa shape index (κ2) is 20.4. The Balaban J connectivity index is 0.000000472. The average molecular weight is 886 g/mol. The molecule has 1 aromatic heterocycles. The lowest BCUT2D eigenvalue weighted by atomic mass is 9.81. The maximum Gasteiger partial charge on any atom is 0.320 e. The third-order valence-electron chi connectivity index (χ3n) is 10.8. The Hall–Kier alpha value is -2.36. The van der Waals surface area contributed by atoms with Crippen molar-refractivity contribution in [2.75, 3.05) is 25.0 Å². The minimum atomic E-state index is -0.465. The van der Waals surface area contributed by atoms with Gasteiger partial charge in [-0.1, -0.05) is 26.2 Å². The van der Waals surface area contributed by atoms with Gasteiger partial charge >= 0.3 is 17.9 Å². The topological polar surface area (TPSA) is 169 Å². The van der Waals surface area contributed by atoms with Gasteiger partial charge in [0.25, 0.3) is 0 Å². The van der Waals surface area contributed by atoms with Crippen LogP contribution in [0.25, 0.3) is 0 Å². The maximum absolute atomic E-state index is 13.2. The number of hydrogen-bond donors (Lipinski definition) is 4. The summed E-state index contributed by atoms with van der Waals surface area (Å²) in [5.41, 5.74) is -1.21. The van der Waals surface area contributed by atoms with Gasteiger partial charge in [0.15, 0.2) is 0 Å². The summed E-state index contributed by atoms with van der Waals surface area (Å²) < 4.78 is 17.8. The number of aromatic nitrogens is 3. The van der Waals surface area contributed by atoms with E-state index >= 15 is 0 Å². The molecule has 4 rings (SSSR count). The molecule has 0 aromatic carbocycles. The van der Waals surface area contributed by atoms with E-state index < -0.39 is 17.9 Å². The number of ether oxygens (including phenoxy) is 3. The van der Waals surface area contributed by atoms with E-state index in [4.69, 9.17) is 37.4 Å². The van der Waals surface area contributed by atoms with Crippen molar-refractivity contribution in [1.29, 1.82) is 0 Å². The zero-order chi connectivity index (χ0) is 45.5. The van der Waals surface area contributed by atoms with E-state index in [0.717, 1.165) is 6.42 Å². The van der Waals surface area contributed by atoms with Crippen LogP contribution < -0.4 is 21.3 Å². The summed E-state index contributed by atoms with van der Waals surface area (Å²) in [6.45, 7) is 30.9. The second-order valence-electron chi connectivity index (χ2n) is 22.0. The van der Waals surface area contributed by atoms with Crippen molar-refractivity contribution in [1.82, 2.24) is 35.8 Å². The Kier molecular flexibility index (Phi) is 17.7. The van der Waals surface area contributed by atoms with Crippen LogP contribution in [-0.4, -0.2) is 114 Å². The molecule has 0 saturated carbocycles. The zero-order valence-electron chi connectivity index (χ0n) is 39.4. The van der Waals surface area contributed by atoms with Gasteiger partial charge in [0.1, 0.15) is 18.3 Å². The fraction of sp³-hybridized carbons (Fsp3) is 0.864. The molecule has 60 heavy (non-hydrogen) atoms. The highest BCUT2D eigenvalue weighted by Gasteiger charge is 2.42. The third-order valence-corrected chi connectivity index (χ3v) is 11.2. The zero-order valence-corrected chi connectivity index (χ0v) is 40.9. The number of hydrogen-bond acceptors (Lipinski definition) is 14. The van der Waals surface area contributed by atoms with Gasteiger partial charge in [-0.15, -0.1) is 0 Å². The van der Waals surface area contributed by atoms with Gasteiger partial charge in [0, 0.05) is 77.3 Å². The lowest BCUT2D eigenvalue weighted by molar-refractivity contribution is -0.161. The van der Waals surface area contributed by atoms with E-state index in [2.05, 4.69) is 140 Å². The molecule has 3 saturated heterocycles. The summed E-state index contributed by atoms with van der Waals surface area (Å²) in [7, 11) is 0. The van der Waals surface area contributed by atoms with Gasteiger partial charge in [0.05, 0.1) is 19.6 Å². The third kappa shape index (κ3) is 19.4. The highest BCUT2D eigenvalue weighted by atomic mass is 35.5. The molecule has 0 amide bonds. The minimum absolute atomic E-state index is 0.0802. The van der Waals surface area contributed by atoms with Crippen LogP contribution in [0.2, 0.25) is 10.6 Å². The first-order valence-corrected chi connectivity index (χ1v) is 22.5. The predicted molar refractivity (Wildman–Crippen MR) is 239 cm³/mol. The highest BCUT2D eigenvalue weighted by molar-refractivity contribution is 6.31. The summed E-state index contributed by atoms with van der Waals surface area (Å²) in [5, 5.41) is 14.2. The SMILES string of the molecule is CC1(C)CC(OC(=O)CN(CC(=O)OC2CC(C)(C)NC(C)(C)C2)CC(=O)OC2CC(C)(C)NC(C)(C)C2)CC(C)(C)N1.CCCCCC(C)(C)Nc1nc(Cl)nc(Cl)n1. The molecule has 0 atom stereocenters. The number of rotatable bonds is 15. The van der Waals surface area contributed by atoms with Crippen LogP contribution in [0.5, 0.6) is 0 Å². The molecule has 0 bridgehead atoms. The Morgan fingerprint density at radius 1 is 0.600 bits per heavy atom. The monoisotopic (exact) mass is 885 g/mol. The number of halogens is 2. The molecule has 0 unspecified atom stereocenters. The van der Waals surface area contributed by atoms with Crippen molar-refractivity contribution in [3.05, 3.63) is 10.6 Å². The largest absolute Gasteiger partial charge is 0.461 e. The molecule has 3 aliphatic rings. The molecule has 344 valence electrons. The quantitative estimate of drug-likeness (QED) is 0.0765. The highest BCUT2D eigenvalue weighted by Crippen LogP contribution is 2.33. The number of unbranched alkanes of at least 4 members (excludes halogenated alkanes) is 2. The van der Waals surface area contributed by atoms with E-state index in [1.165, 1.54) is 24.2 Å². The number of carbonyl (C=O) groups is 3. The van der Waals surface area contributed by atoms with Crippen LogP contribution >= 0.6 is 23.2 Å². The molecule has 14 nitrogen and oxygen atoms in total. The van der Waals surface area contributed by atoms with E-state index in [0.29, 0.717) is 44.5 Å². The Morgan fingerprint density at radius 2 is 0.900 bits per heavy atom. The Labute approximate surface area is 370 Å². The smallest absolute Gasteiger partial charge is 0.320 e. The van der Waals surface area contributed by atoms with Gasteiger partial charge in [-0.25, -0.2) is 0 Å². The van der Waals surface area contributed by atoms with Crippen molar-refractivity contribution in [3.63, 3.8) is 0 Å². The minimum Gasteiger partial charge on any atom is -0.461 e. The van der Waals surface area contributed by atoms with Crippen molar-refractivity contribution >= 4 is 47.1 Å². The summed E-state index contributed by atoms with van der Waals surface area (Å²) in [6.07, 6.45) is 7.90. The van der Waals surface area contributed by atoms with Crippen molar-refractivity contribution < 1.29 is 28.6 Å². The van der Waals surface area contributed by atoms with E-state index in [9.17, 15) is 14.4 Å². The molecular weight excluding hydrogens is 807 g/mol. The standard InChI is InChI=1S/C33H60N4O6.C11H18Cl2N4/c1-28(2)13-22(14-29(3,4)34-28)41-25(38)19-37(20-26(39)42-23-15-30(5,6)35-31(7,8)16-23)21-27(40)43-24-17-32(9,10)36-33(11,12)18-24;1-4-5-6-7-11(2,3)17-10-15-8(12)14-9(13)16-10/h22-24,34-36H,13-21H2,1-12H3;4-7H2,1-3H3,(H,14,15,16,17). The molecular formula is C44H78Cl2N8O6. The molecule has 0 radical (unpaired) electrons. The summed E-state index contributed by atoms with van der Waals surface area (Å²) >= 11 is 11.4. The number of piperidine rings is 3. The molecule has 3 aliphatic heterocycles. The van der Waals surface area contributed by atoms with Crippen LogP contribution in [-0.2, 0) is 28.6 Å². The summed E-state index contributed by atoms with van der Waals surface area (Å²) in [6, 6.07) is 0. The number of anilines is 1. The summed E-state index contributed by atoms with van der Waals surface area (Å²) in [5.74, 6) is -0.969. The molecule has 3 fully saturated rings. The maximum atomic E-state index is 13.2. The van der Waals surface area contributed by atoms with Gasteiger partial charge in [-0.05, 0) is 127 Å². The van der Waals surface area contributed by atoms with Gasteiger partial charge in [-0.3, -0.25) is 19.3 Å². The van der Waals surface area contributed by atoms with Crippen LogP contribution in [0.1, 0.15) is 168 Å². The van der Waals surface area contributed by atoms with Crippen LogP contribution in [0, 0.1) is 0 Å². The van der Waals surface area contributed by atoms with E-state index in [1.807, 2.05) is 0 Å².